The number of unbranched alkanes of at least 4 members (excludes halogenated alkanes) is 2. The minimum atomic E-state index is 0.539. The first-order valence-corrected chi connectivity index (χ1v) is 10.1. The lowest BCUT2D eigenvalue weighted by molar-refractivity contribution is 0.0264. The quantitative estimate of drug-likeness (QED) is 0.365. The van der Waals surface area contributed by atoms with Crippen molar-refractivity contribution in [2.24, 2.45) is 4.99 Å². The van der Waals surface area contributed by atoms with E-state index in [9.17, 15) is 0 Å². The number of hydrogen-bond donors (Lipinski definition) is 2. The Bertz CT molecular complexity index is 452. The lowest BCUT2D eigenvalue weighted by Gasteiger charge is -2.21. The van der Waals surface area contributed by atoms with Crippen molar-refractivity contribution >= 4 is 5.96 Å². The smallest absolute Gasteiger partial charge is 0.191 e. The van der Waals surface area contributed by atoms with Gasteiger partial charge in [0.2, 0.25) is 0 Å². The Balaban J connectivity index is 1.50. The highest BCUT2D eigenvalue weighted by atomic mass is 16.5. The molecule has 0 amide bonds. The van der Waals surface area contributed by atoms with E-state index in [1.165, 1.54) is 38.5 Å². The molecule has 1 fully saturated rings. The zero-order valence-electron chi connectivity index (χ0n) is 15.9. The van der Waals surface area contributed by atoms with Crippen molar-refractivity contribution in [1.82, 2.24) is 15.2 Å². The van der Waals surface area contributed by atoms with Crippen LogP contribution in [0, 0.1) is 0 Å². The summed E-state index contributed by atoms with van der Waals surface area (Å²) in [6.07, 6.45) is 14.8. The van der Waals surface area contributed by atoms with E-state index in [4.69, 9.17) is 4.74 Å². The molecule has 142 valence electrons. The standard InChI is InChI=1S/C20H36N4O/c1-2-21-20(23-14-17-24-15-8-9-16-24)22-13-7-4-10-18-25-19-11-5-3-6-12-19/h8-9,15-16,19H,2-7,10-14,17-18H2,1H3,(H2,21,22,23). The number of hydrogen-bond acceptors (Lipinski definition) is 2. The summed E-state index contributed by atoms with van der Waals surface area (Å²) in [5.41, 5.74) is 0. The van der Waals surface area contributed by atoms with Crippen molar-refractivity contribution in [2.75, 3.05) is 26.2 Å². The van der Waals surface area contributed by atoms with Gasteiger partial charge in [-0.1, -0.05) is 19.3 Å². The summed E-state index contributed by atoms with van der Waals surface area (Å²) < 4.78 is 8.14. The van der Waals surface area contributed by atoms with Crippen LogP contribution in [0.25, 0.3) is 0 Å². The molecular formula is C20H36N4O. The largest absolute Gasteiger partial charge is 0.378 e. The molecule has 2 N–H and O–H groups in total. The van der Waals surface area contributed by atoms with Gasteiger partial charge < -0.3 is 19.9 Å². The molecule has 0 spiro atoms. The van der Waals surface area contributed by atoms with Gasteiger partial charge in [0.05, 0.1) is 6.10 Å². The zero-order chi connectivity index (χ0) is 17.6. The second kappa shape index (κ2) is 12.8. The molecule has 0 radical (unpaired) electrons. The van der Waals surface area contributed by atoms with E-state index >= 15 is 0 Å². The Hall–Kier alpha value is -1.49. The molecular weight excluding hydrogens is 312 g/mol. The van der Waals surface area contributed by atoms with Crippen LogP contribution >= 0.6 is 0 Å². The summed E-state index contributed by atoms with van der Waals surface area (Å²) in [5, 5.41) is 6.71. The van der Waals surface area contributed by atoms with E-state index in [2.05, 4.69) is 51.6 Å². The Morgan fingerprint density at radius 3 is 2.64 bits per heavy atom. The van der Waals surface area contributed by atoms with Crippen LogP contribution in [0.2, 0.25) is 0 Å². The maximum absolute atomic E-state index is 5.97. The van der Waals surface area contributed by atoms with Crippen LogP contribution in [-0.4, -0.2) is 42.9 Å². The third kappa shape index (κ3) is 8.96. The van der Waals surface area contributed by atoms with E-state index in [0.29, 0.717) is 6.10 Å². The Morgan fingerprint density at radius 2 is 1.88 bits per heavy atom. The molecule has 1 saturated carbocycles. The molecule has 1 aliphatic carbocycles. The van der Waals surface area contributed by atoms with E-state index in [1.807, 2.05) is 0 Å². The van der Waals surface area contributed by atoms with Gasteiger partial charge in [-0.2, -0.15) is 0 Å². The molecule has 0 saturated heterocycles. The van der Waals surface area contributed by atoms with Gasteiger partial charge in [0, 0.05) is 45.2 Å². The van der Waals surface area contributed by atoms with Crippen LogP contribution in [0.1, 0.15) is 58.3 Å². The number of nitrogens with one attached hydrogen (secondary N) is 2. The van der Waals surface area contributed by atoms with Gasteiger partial charge in [-0.15, -0.1) is 0 Å². The van der Waals surface area contributed by atoms with E-state index in [0.717, 1.165) is 51.6 Å². The number of nitrogens with zero attached hydrogens (tertiary/aromatic N) is 2. The first kappa shape index (κ1) is 19.8. The number of aromatic nitrogens is 1. The van der Waals surface area contributed by atoms with Crippen molar-refractivity contribution in [3.05, 3.63) is 24.5 Å². The molecule has 0 atom stereocenters. The summed E-state index contributed by atoms with van der Waals surface area (Å²) in [6.45, 7) is 6.63. The highest BCUT2D eigenvalue weighted by Crippen LogP contribution is 2.20. The number of rotatable bonds is 11. The Kier molecular flexibility index (Phi) is 10.2. The van der Waals surface area contributed by atoms with Gasteiger partial charge in [-0.25, -0.2) is 0 Å². The fourth-order valence-electron chi connectivity index (χ4n) is 3.23. The van der Waals surface area contributed by atoms with Gasteiger partial charge in [0.15, 0.2) is 5.96 Å². The van der Waals surface area contributed by atoms with Gasteiger partial charge in [-0.3, -0.25) is 4.99 Å². The highest BCUT2D eigenvalue weighted by Gasteiger charge is 2.12. The normalized spacial score (nSPS) is 16.1. The average molecular weight is 349 g/mol. The van der Waals surface area contributed by atoms with Gasteiger partial charge in [0.1, 0.15) is 0 Å². The summed E-state index contributed by atoms with van der Waals surface area (Å²) in [4.78, 5) is 4.66. The minimum absolute atomic E-state index is 0.539. The summed E-state index contributed by atoms with van der Waals surface area (Å²) in [7, 11) is 0. The first-order chi connectivity index (χ1) is 12.4. The molecule has 1 aromatic heterocycles. The van der Waals surface area contributed by atoms with Crippen molar-refractivity contribution < 1.29 is 4.74 Å². The molecule has 1 aliphatic rings. The van der Waals surface area contributed by atoms with Crippen LogP contribution in [0.3, 0.4) is 0 Å². The van der Waals surface area contributed by atoms with Crippen molar-refractivity contribution in [3.63, 3.8) is 0 Å². The summed E-state index contributed by atoms with van der Waals surface area (Å²) in [5.74, 6) is 0.924. The lowest BCUT2D eigenvalue weighted by atomic mass is 9.98. The van der Waals surface area contributed by atoms with Crippen molar-refractivity contribution in [3.8, 4) is 0 Å². The molecule has 5 heteroatoms. The van der Waals surface area contributed by atoms with Crippen LogP contribution in [0.15, 0.2) is 29.5 Å². The molecule has 25 heavy (non-hydrogen) atoms. The Labute approximate surface area is 153 Å². The van der Waals surface area contributed by atoms with Crippen LogP contribution in [0.4, 0.5) is 0 Å². The first-order valence-electron chi connectivity index (χ1n) is 10.1. The number of aliphatic imine (C=N–C) groups is 1. The van der Waals surface area contributed by atoms with E-state index in [-0.39, 0.29) is 0 Å². The monoisotopic (exact) mass is 348 g/mol. The van der Waals surface area contributed by atoms with Crippen LogP contribution < -0.4 is 10.6 Å². The predicted octanol–water partition coefficient (Wildman–Crippen LogP) is 3.56. The van der Waals surface area contributed by atoms with Crippen molar-refractivity contribution in [1.29, 1.82) is 0 Å². The van der Waals surface area contributed by atoms with E-state index in [1.54, 1.807) is 0 Å². The molecule has 0 bridgehead atoms. The molecule has 0 aromatic carbocycles. The third-order valence-electron chi connectivity index (χ3n) is 4.65. The van der Waals surface area contributed by atoms with Crippen molar-refractivity contribution in [2.45, 2.75) is 70.9 Å². The fraction of sp³-hybridized carbons (Fsp3) is 0.750. The molecule has 1 heterocycles. The maximum Gasteiger partial charge on any atom is 0.191 e. The van der Waals surface area contributed by atoms with Gasteiger partial charge in [-0.05, 0) is 51.2 Å². The maximum atomic E-state index is 5.97. The number of ether oxygens (including phenoxy) is 1. The van der Waals surface area contributed by atoms with Gasteiger partial charge >= 0.3 is 0 Å². The summed E-state index contributed by atoms with van der Waals surface area (Å²) >= 11 is 0. The minimum Gasteiger partial charge on any atom is -0.378 e. The Morgan fingerprint density at radius 1 is 1.08 bits per heavy atom. The second-order valence-electron chi connectivity index (χ2n) is 6.80. The van der Waals surface area contributed by atoms with Crippen LogP contribution in [-0.2, 0) is 11.3 Å². The molecule has 5 nitrogen and oxygen atoms in total. The van der Waals surface area contributed by atoms with E-state index < -0.39 is 0 Å². The SMILES string of the molecule is CCNC(=NCCCCCOC1CCCCC1)NCCn1cccc1. The van der Waals surface area contributed by atoms with Gasteiger partial charge in [0.25, 0.3) is 0 Å². The molecule has 0 unspecified atom stereocenters. The molecule has 1 aromatic rings. The molecule has 0 aliphatic heterocycles. The second-order valence-corrected chi connectivity index (χ2v) is 6.80. The third-order valence-corrected chi connectivity index (χ3v) is 4.65. The molecule has 2 rings (SSSR count). The predicted molar refractivity (Wildman–Crippen MR) is 105 cm³/mol. The average Bonchev–Trinajstić information content (AvgIpc) is 3.15. The summed E-state index contributed by atoms with van der Waals surface area (Å²) in [6, 6.07) is 4.11. The fourth-order valence-corrected chi connectivity index (χ4v) is 3.23. The highest BCUT2D eigenvalue weighted by molar-refractivity contribution is 5.79. The number of guanidine groups is 1. The van der Waals surface area contributed by atoms with Crippen LogP contribution in [0.5, 0.6) is 0 Å². The lowest BCUT2D eigenvalue weighted by Crippen LogP contribution is -2.38. The topological polar surface area (TPSA) is 50.6 Å². The zero-order valence-corrected chi connectivity index (χ0v) is 15.9.